The van der Waals surface area contributed by atoms with Crippen molar-refractivity contribution in [1.29, 1.82) is 0 Å². The molecule has 2 aromatic carbocycles. The molecule has 0 saturated carbocycles. The predicted octanol–water partition coefficient (Wildman–Crippen LogP) is 4.45. The number of hydrogen-bond acceptors (Lipinski definition) is 6. The third-order valence-electron chi connectivity index (χ3n) is 5.51. The monoisotopic (exact) mass is 429 g/mol. The molecule has 32 heavy (non-hydrogen) atoms. The van der Waals surface area contributed by atoms with Crippen molar-refractivity contribution in [1.82, 2.24) is 14.8 Å². The first kappa shape index (κ1) is 20.1. The Labute approximate surface area is 185 Å². The van der Waals surface area contributed by atoms with Gasteiger partial charge in [-0.25, -0.2) is 0 Å². The maximum Gasteiger partial charge on any atom is 0.231 e. The second-order valence-corrected chi connectivity index (χ2v) is 7.70. The molecule has 7 heteroatoms. The van der Waals surface area contributed by atoms with E-state index >= 15 is 0 Å². The largest absolute Gasteiger partial charge is 0.467 e. The number of aromatic nitrogens is 3. The minimum Gasteiger partial charge on any atom is -0.467 e. The summed E-state index contributed by atoms with van der Waals surface area (Å²) in [5.41, 5.74) is 2.04. The lowest BCUT2D eigenvalue weighted by Gasteiger charge is -2.09. The van der Waals surface area contributed by atoms with Crippen molar-refractivity contribution in [2.75, 3.05) is 6.79 Å². The molecule has 1 aliphatic rings. The second-order valence-electron chi connectivity index (χ2n) is 7.70. The Kier molecular flexibility index (Phi) is 5.70. The smallest absolute Gasteiger partial charge is 0.231 e. The molecule has 162 valence electrons. The number of rotatable bonds is 9. The van der Waals surface area contributed by atoms with Crippen LogP contribution in [-0.4, -0.2) is 27.3 Å². The van der Waals surface area contributed by atoms with Crippen molar-refractivity contribution < 1.29 is 18.7 Å². The summed E-state index contributed by atoms with van der Waals surface area (Å²) in [4.78, 5) is 12.6. The fourth-order valence-electron chi connectivity index (χ4n) is 3.80. The van der Waals surface area contributed by atoms with Gasteiger partial charge in [-0.15, -0.1) is 10.2 Å². The van der Waals surface area contributed by atoms with Gasteiger partial charge >= 0.3 is 0 Å². The van der Waals surface area contributed by atoms with Gasteiger partial charge < -0.3 is 18.5 Å². The minimum absolute atomic E-state index is 0.191. The van der Waals surface area contributed by atoms with Crippen LogP contribution in [0.1, 0.15) is 30.0 Å². The highest BCUT2D eigenvalue weighted by Crippen LogP contribution is 2.32. The number of fused-ring (bicyclic) bond motifs is 1. The van der Waals surface area contributed by atoms with E-state index in [9.17, 15) is 4.79 Å². The number of Topliss-reactive ketones (excluding diaryl/α,β-unsaturated/α-hetero) is 1. The van der Waals surface area contributed by atoms with Crippen LogP contribution in [-0.2, 0) is 24.2 Å². The zero-order valence-corrected chi connectivity index (χ0v) is 17.6. The van der Waals surface area contributed by atoms with E-state index in [1.807, 2.05) is 65.2 Å². The van der Waals surface area contributed by atoms with Crippen LogP contribution in [0.5, 0.6) is 11.5 Å². The Hall–Kier alpha value is -3.87. The second kappa shape index (κ2) is 9.09. The molecular formula is C25H23N3O4. The van der Waals surface area contributed by atoms with Gasteiger partial charge in [0.05, 0.1) is 12.8 Å². The first-order valence-electron chi connectivity index (χ1n) is 10.7. The zero-order valence-electron chi connectivity index (χ0n) is 17.6. The van der Waals surface area contributed by atoms with Crippen molar-refractivity contribution in [3.8, 4) is 22.9 Å². The molecule has 0 saturated heterocycles. The Morgan fingerprint density at radius 3 is 2.59 bits per heavy atom. The molecule has 0 atom stereocenters. The molecule has 7 nitrogen and oxygen atoms in total. The fraction of sp³-hybridized carbons (Fsp3) is 0.240. The van der Waals surface area contributed by atoms with Gasteiger partial charge in [0.25, 0.3) is 0 Å². The van der Waals surface area contributed by atoms with E-state index in [4.69, 9.17) is 13.9 Å². The highest BCUT2D eigenvalue weighted by Gasteiger charge is 2.17. The molecule has 0 aliphatic carbocycles. The van der Waals surface area contributed by atoms with Gasteiger partial charge in [-0.2, -0.15) is 0 Å². The van der Waals surface area contributed by atoms with Gasteiger partial charge in [0.1, 0.15) is 17.4 Å². The summed E-state index contributed by atoms with van der Waals surface area (Å²) in [6.45, 7) is 0.770. The zero-order chi connectivity index (χ0) is 21.8. The summed E-state index contributed by atoms with van der Waals surface area (Å²) >= 11 is 0. The molecule has 0 fully saturated rings. The van der Waals surface area contributed by atoms with Gasteiger partial charge in [0.15, 0.2) is 17.3 Å². The number of ether oxygens (including phenoxy) is 2. The summed E-state index contributed by atoms with van der Waals surface area (Å²) in [6.07, 6.45) is 3.73. The van der Waals surface area contributed by atoms with E-state index in [1.54, 1.807) is 6.26 Å². The van der Waals surface area contributed by atoms with Crippen LogP contribution >= 0.6 is 0 Å². The van der Waals surface area contributed by atoms with Crippen molar-refractivity contribution in [2.45, 2.75) is 32.2 Å². The van der Waals surface area contributed by atoms with Crippen LogP contribution in [0.3, 0.4) is 0 Å². The molecule has 1 aliphatic heterocycles. The van der Waals surface area contributed by atoms with E-state index in [0.29, 0.717) is 32.2 Å². The van der Waals surface area contributed by atoms with Crippen molar-refractivity contribution in [3.05, 3.63) is 84.1 Å². The van der Waals surface area contributed by atoms with Gasteiger partial charge in [0, 0.05) is 24.8 Å². The molecule has 0 spiro atoms. The van der Waals surface area contributed by atoms with Crippen LogP contribution in [0.25, 0.3) is 11.4 Å². The van der Waals surface area contributed by atoms with E-state index in [0.717, 1.165) is 40.0 Å². The summed E-state index contributed by atoms with van der Waals surface area (Å²) in [5.74, 6) is 4.05. The van der Waals surface area contributed by atoms with E-state index < -0.39 is 0 Å². The topological polar surface area (TPSA) is 79.4 Å². The van der Waals surface area contributed by atoms with Crippen LogP contribution < -0.4 is 9.47 Å². The first-order valence-corrected chi connectivity index (χ1v) is 10.7. The number of carbonyl (C=O) groups excluding carboxylic acids is 1. The van der Waals surface area contributed by atoms with Crippen molar-refractivity contribution >= 4 is 5.78 Å². The maximum absolute atomic E-state index is 12.6. The predicted molar refractivity (Wildman–Crippen MR) is 117 cm³/mol. The van der Waals surface area contributed by atoms with E-state index in [-0.39, 0.29) is 12.6 Å². The lowest BCUT2D eigenvalue weighted by molar-refractivity contribution is -0.119. The molecule has 5 rings (SSSR count). The lowest BCUT2D eigenvalue weighted by atomic mass is 10.0. The minimum atomic E-state index is 0.191. The number of nitrogens with zero attached hydrogens (tertiary/aromatic N) is 3. The molecule has 0 amide bonds. The molecule has 0 bridgehead atoms. The van der Waals surface area contributed by atoms with Crippen molar-refractivity contribution in [3.63, 3.8) is 0 Å². The van der Waals surface area contributed by atoms with Crippen LogP contribution in [0.2, 0.25) is 0 Å². The quantitative estimate of drug-likeness (QED) is 0.391. The highest BCUT2D eigenvalue weighted by molar-refractivity contribution is 5.78. The van der Waals surface area contributed by atoms with Crippen molar-refractivity contribution in [2.24, 2.45) is 0 Å². The Morgan fingerprint density at radius 1 is 0.906 bits per heavy atom. The summed E-state index contributed by atoms with van der Waals surface area (Å²) < 4.78 is 18.3. The van der Waals surface area contributed by atoms with Gasteiger partial charge in [0.2, 0.25) is 6.79 Å². The first-order chi connectivity index (χ1) is 15.8. The van der Waals surface area contributed by atoms with E-state index in [2.05, 4.69) is 10.2 Å². The Morgan fingerprint density at radius 2 is 1.75 bits per heavy atom. The number of hydrogen-bond donors (Lipinski definition) is 0. The molecule has 3 heterocycles. The average molecular weight is 429 g/mol. The summed E-state index contributed by atoms with van der Waals surface area (Å²) in [6, 6.07) is 19.5. The number of aryl methyl sites for hydroxylation is 2. The number of benzene rings is 2. The normalized spacial score (nSPS) is 12.2. The number of ketones is 1. The Bertz CT molecular complexity index is 1200. The number of carbonyl (C=O) groups is 1. The summed E-state index contributed by atoms with van der Waals surface area (Å²) in [7, 11) is 0. The SMILES string of the molecule is O=C(CCc1ccc2c(c1)OCO2)CCc1nnc(-c2ccccc2)n1Cc1ccco1. The van der Waals surface area contributed by atoms with Crippen LogP contribution in [0.4, 0.5) is 0 Å². The maximum atomic E-state index is 12.6. The average Bonchev–Trinajstić information content (AvgIpc) is 3.58. The molecule has 0 radical (unpaired) electrons. The third kappa shape index (κ3) is 4.42. The fourth-order valence-corrected chi connectivity index (χ4v) is 3.80. The molecule has 0 unspecified atom stereocenters. The standard InChI is InChI=1S/C25H23N3O4/c29-20(10-8-18-9-12-22-23(15-18)32-17-31-22)11-13-24-26-27-25(19-5-2-1-3-6-19)28(24)16-21-7-4-14-30-21/h1-7,9,12,14-15H,8,10-11,13,16-17H2. The number of furan rings is 1. The molecule has 0 N–H and O–H groups in total. The molecule has 4 aromatic rings. The van der Waals surface area contributed by atoms with E-state index in [1.165, 1.54) is 0 Å². The van der Waals surface area contributed by atoms with Gasteiger partial charge in [-0.3, -0.25) is 4.79 Å². The summed E-state index contributed by atoms with van der Waals surface area (Å²) in [5, 5.41) is 8.80. The lowest BCUT2D eigenvalue weighted by Crippen LogP contribution is -2.09. The molecular weight excluding hydrogens is 406 g/mol. The van der Waals surface area contributed by atoms with Crippen LogP contribution in [0, 0.1) is 0 Å². The van der Waals surface area contributed by atoms with Crippen LogP contribution in [0.15, 0.2) is 71.3 Å². The van der Waals surface area contributed by atoms with Gasteiger partial charge in [-0.05, 0) is 36.2 Å². The highest BCUT2D eigenvalue weighted by atomic mass is 16.7. The Balaban J connectivity index is 1.25. The molecule has 2 aromatic heterocycles. The third-order valence-corrected chi connectivity index (χ3v) is 5.51. The van der Waals surface area contributed by atoms with Gasteiger partial charge in [-0.1, -0.05) is 36.4 Å².